The molecule has 0 unspecified atom stereocenters. The Bertz CT molecular complexity index is 895. The first-order chi connectivity index (χ1) is 11.5. The van der Waals surface area contributed by atoms with Crippen molar-refractivity contribution in [3.63, 3.8) is 0 Å². The van der Waals surface area contributed by atoms with Crippen LogP contribution in [0.2, 0.25) is 0 Å². The summed E-state index contributed by atoms with van der Waals surface area (Å²) in [5.74, 6) is -1.30. The van der Waals surface area contributed by atoms with Crippen LogP contribution in [-0.2, 0) is 4.79 Å². The van der Waals surface area contributed by atoms with Crippen molar-refractivity contribution in [3.8, 4) is 0 Å². The van der Waals surface area contributed by atoms with E-state index in [1.165, 1.54) is 11.0 Å². The van der Waals surface area contributed by atoms with E-state index in [4.69, 9.17) is 12.2 Å². The number of benzene rings is 2. The van der Waals surface area contributed by atoms with E-state index < -0.39 is 5.97 Å². The molecule has 0 atom stereocenters. The molecule has 1 N–H and O–H groups in total. The van der Waals surface area contributed by atoms with Crippen molar-refractivity contribution >= 4 is 67.9 Å². The lowest BCUT2D eigenvalue weighted by atomic mass is 10.1. The molecule has 2 aromatic rings. The van der Waals surface area contributed by atoms with E-state index in [1.807, 2.05) is 12.1 Å². The number of amides is 1. The molecule has 1 fully saturated rings. The molecule has 1 aliphatic heterocycles. The molecule has 7 heteroatoms. The largest absolute Gasteiger partial charge is 0.478 e. The Kier molecular flexibility index (Phi) is 4.84. The Morgan fingerprint density at radius 1 is 1.21 bits per heavy atom. The average molecular weight is 420 g/mol. The van der Waals surface area contributed by atoms with Gasteiger partial charge in [-0.3, -0.25) is 9.69 Å². The number of nitrogens with zero attached hydrogens (tertiary/aromatic N) is 1. The van der Waals surface area contributed by atoms with Gasteiger partial charge in [0.2, 0.25) is 0 Å². The summed E-state index contributed by atoms with van der Waals surface area (Å²) in [5, 5.41) is 9.26. The second kappa shape index (κ2) is 6.88. The summed E-state index contributed by atoms with van der Waals surface area (Å²) in [6.45, 7) is 0. The zero-order chi connectivity index (χ0) is 17.3. The van der Waals surface area contributed by atoms with E-state index in [0.29, 0.717) is 20.5 Å². The van der Waals surface area contributed by atoms with Crippen molar-refractivity contribution in [1.82, 2.24) is 0 Å². The Morgan fingerprint density at radius 2 is 1.96 bits per heavy atom. The number of rotatable bonds is 3. The third-order valence-corrected chi connectivity index (χ3v) is 5.13. The zero-order valence-corrected chi connectivity index (χ0v) is 15.3. The quantitative estimate of drug-likeness (QED) is 0.583. The number of anilines is 1. The lowest BCUT2D eigenvalue weighted by Crippen LogP contribution is -2.27. The van der Waals surface area contributed by atoms with Crippen LogP contribution >= 0.6 is 39.9 Å². The summed E-state index contributed by atoms with van der Waals surface area (Å²) < 4.78 is 1.26. The second-order valence-electron chi connectivity index (χ2n) is 4.89. The van der Waals surface area contributed by atoms with Crippen LogP contribution in [0.15, 0.2) is 57.9 Å². The number of carboxylic acid groups (broad SMARTS) is 1. The van der Waals surface area contributed by atoms with Crippen LogP contribution in [0.5, 0.6) is 0 Å². The number of carbonyl (C=O) groups is 2. The number of carboxylic acids is 1. The Hall–Kier alpha value is -1.96. The minimum Gasteiger partial charge on any atom is -0.478 e. The number of thiocarbonyl (C=S) groups is 1. The van der Waals surface area contributed by atoms with Crippen molar-refractivity contribution in [1.29, 1.82) is 0 Å². The van der Waals surface area contributed by atoms with Gasteiger partial charge in [0.25, 0.3) is 5.91 Å². The molecule has 24 heavy (non-hydrogen) atoms. The SMILES string of the molecule is O=C(O)c1ccccc1/C=C1/SC(=S)N(c2cccc(Br)c2)C1=O. The molecule has 0 aliphatic carbocycles. The maximum Gasteiger partial charge on any atom is 0.336 e. The molecule has 2 aromatic carbocycles. The Labute approximate surface area is 156 Å². The second-order valence-corrected chi connectivity index (χ2v) is 7.48. The highest BCUT2D eigenvalue weighted by molar-refractivity contribution is 9.10. The highest BCUT2D eigenvalue weighted by atomic mass is 79.9. The molecule has 0 spiro atoms. The van der Waals surface area contributed by atoms with Crippen molar-refractivity contribution < 1.29 is 14.7 Å². The fourth-order valence-electron chi connectivity index (χ4n) is 2.26. The predicted octanol–water partition coefficient (Wildman–Crippen LogP) is 4.55. The van der Waals surface area contributed by atoms with E-state index in [0.717, 1.165) is 16.2 Å². The van der Waals surface area contributed by atoms with Gasteiger partial charge in [-0.25, -0.2) is 4.79 Å². The van der Waals surface area contributed by atoms with Crippen LogP contribution in [0.3, 0.4) is 0 Å². The zero-order valence-electron chi connectivity index (χ0n) is 12.1. The maximum absolute atomic E-state index is 12.7. The van der Waals surface area contributed by atoms with E-state index >= 15 is 0 Å². The van der Waals surface area contributed by atoms with Gasteiger partial charge in [-0.1, -0.05) is 64.2 Å². The third kappa shape index (κ3) is 3.28. The van der Waals surface area contributed by atoms with Crippen molar-refractivity contribution in [3.05, 3.63) is 69.0 Å². The van der Waals surface area contributed by atoms with Gasteiger partial charge in [-0.05, 0) is 35.9 Å². The maximum atomic E-state index is 12.7. The van der Waals surface area contributed by atoms with E-state index in [2.05, 4.69) is 15.9 Å². The molecule has 1 heterocycles. The molecular weight excluding hydrogens is 410 g/mol. The predicted molar refractivity (Wildman–Crippen MR) is 103 cm³/mol. The van der Waals surface area contributed by atoms with E-state index in [9.17, 15) is 14.7 Å². The van der Waals surface area contributed by atoms with Gasteiger partial charge in [0.05, 0.1) is 16.2 Å². The summed E-state index contributed by atoms with van der Waals surface area (Å²) in [6, 6.07) is 13.8. The van der Waals surface area contributed by atoms with E-state index in [-0.39, 0.29) is 11.5 Å². The summed E-state index contributed by atoms with van der Waals surface area (Å²) in [4.78, 5) is 25.8. The molecule has 3 rings (SSSR count). The van der Waals surface area contributed by atoms with Crippen molar-refractivity contribution in [2.45, 2.75) is 0 Å². The third-order valence-electron chi connectivity index (χ3n) is 3.34. The number of carbonyl (C=O) groups excluding carboxylic acids is 1. The van der Waals surface area contributed by atoms with Gasteiger partial charge in [0.1, 0.15) is 0 Å². The highest BCUT2D eigenvalue weighted by Gasteiger charge is 2.33. The summed E-state index contributed by atoms with van der Waals surface area (Å²) in [5.41, 5.74) is 1.28. The first-order valence-corrected chi connectivity index (χ1v) is 8.85. The molecule has 4 nitrogen and oxygen atoms in total. The van der Waals surface area contributed by atoms with Gasteiger partial charge >= 0.3 is 5.97 Å². The summed E-state index contributed by atoms with van der Waals surface area (Å²) in [7, 11) is 0. The number of halogens is 1. The summed E-state index contributed by atoms with van der Waals surface area (Å²) >= 11 is 9.85. The lowest BCUT2D eigenvalue weighted by molar-refractivity contribution is -0.113. The van der Waals surface area contributed by atoms with Gasteiger partial charge in [-0.15, -0.1) is 0 Å². The highest BCUT2D eigenvalue weighted by Crippen LogP contribution is 2.37. The molecule has 0 aromatic heterocycles. The normalized spacial score (nSPS) is 16.0. The first kappa shape index (κ1) is 16.9. The van der Waals surface area contributed by atoms with Crippen LogP contribution in [0, 0.1) is 0 Å². The molecular formula is C17H10BrNO3S2. The van der Waals surface area contributed by atoms with Gasteiger partial charge < -0.3 is 5.11 Å². The van der Waals surface area contributed by atoms with Crippen LogP contribution in [0.4, 0.5) is 5.69 Å². The molecule has 1 amide bonds. The summed E-state index contributed by atoms with van der Waals surface area (Å²) in [6.07, 6.45) is 1.57. The van der Waals surface area contributed by atoms with Gasteiger partial charge in [0, 0.05) is 4.47 Å². The number of thioether (sulfide) groups is 1. The fourth-order valence-corrected chi connectivity index (χ4v) is 3.94. The standard InChI is InChI=1S/C17H10BrNO3S2/c18-11-5-3-6-12(9-11)19-15(20)14(24-17(19)23)8-10-4-1-2-7-13(10)16(21)22/h1-9H,(H,21,22)/b14-8+. The van der Waals surface area contributed by atoms with Crippen LogP contribution < -0.4 is 4.90 Å². The minimum absolute atomic E-state index is 0.144. The molecule has 1 saturated heterocycles. The first-order valence-electron chi connectivity index (χ1n) is 6.83. The molecule has 1 aliphatic rings. The Morgan fingerprint density at radius 3 is 2.67 bits per heavy atom. The minimum atomic E-state index is -1.04. The van der Waals surface area contributed by atoms with Gasteiger partial charge in [0.15, 0.2) is 4.32 Å². The van der Waals surface area contributed by atoms with E-state index in [1.54, 1.807) is 36.4 Å². The molecule has 120 valence electrons. The Balaban J connectivity index is 1.99. The monoisotopic (exact) mass is 419 g/mol. The molecule has 0 radical (unpaired) electrons. The average Bonchev–Trinajstić information content (AvgIpc) is 2.81. The lowest BCUT2D eigenvalue weighted by Gasteiger charge is -2.14. The molecule has 0 bridgehead atoms. The van der Waals surface area contributed by atoms with Gasteiger partial charge in [-0.2, -0.15) is 0 Å². The smallest absolute Gasteiger partial charge is 0.336 e. The number of aromatic carboxylic acids is 1. The fraction of sp³-hybridized carbons (Fsp3) is 0. The van der Waals surface area contributed by atoms with Crippen molar-refractivity contribution in [2.24, 2.45) is 0 Å². The number of hydrogen-bond acceptors (Lipinski definition) is 4. The molecule has 0 saturated carbocycles. The van der Waals surface area contributed by atoms with Crippen LogP contribution in [0.1, 0.15) is 15.9 Å². The van der Waals surface area contributed by atoms with Crippen molar-refractivity contribution in [2.75, 3.05) is 4.90 Å². The van der Waals surface area contributed by atoms with Crippen LogP contribution in [-0.4, -0.2) is 21.3 Å². The number of hydrogen-bond donors (Lipinski definition) is 1. The topological polar surface area (TPSA) is 57.6 Å². The van der Waals surface area contributed by atoms with Crippen LogP contribution in [0.25, 0.3) is 6.08 Å².